The number of hydrogen-bond donors (Lipinski definition) is 1. The Morgan fingerprint density at radius 1 is 1.21 bits per heavy atom. The van der Waals surface area contributed by atoms with Gasteiger partial charge in [0.05, 0.1) is 22.6 Å². The van der Waals surface area contributed by atoms with Gasteiger partial charge in [0.2, 0.25) is 15.9 Å². The zero-order valence-corrected chi connectivity index (χ0v) is 16.2. The van der Waals surface area contributed by atoms with E-state index in [2.05, 4.69) is 5.32 Å². The van der Waals surface area contributed by atoms with Crippen LogP contribution in [-0.2, 0) is 14.8 Å². The first-order valence-electron chi connectivity index (χ1n) is 8.36. The molecule has 0 saturated carbocycles. The number of halogens is 1. The van der Waals surface area contributed by atoms with Gasteiger partial charge in [0.1, 0.15) is 5.82 Å². The third kappa shape index (κ3) is 5.74. The van der Waals surface area contributed by atoms with E-state index in [-0.39, 0.29) is 25.1 Å². The Labute approximate surface area is 162 Å². The molecule has 8 nitrogen and oxygen atoms in total. The third-order valence-corrected chi connectivity index (χ3v) is 5.18. The molecule has 0 radical (unpaired) electrons. The number of sulfonamides is 1. The van der Waals surface area contributed by atoms with Crippen molar-refractivity contribution in [1.82, 2.24) is 0 Å². The number of benzene rings is 2. The van der Waals surface area contributed by atoms with Crippen LogP contribution in [0.15, 0.2) is 42.5 Å². The highest BCUT2D eigenvalue weighted by Gasteiger charge is 2.18. The Kier molecular flexibility index (Phi) is 6.68. The van der Waals surface area contributed by atoms with Crippen LogP contribution in [0.5, 0.6) is 0 Å². The van der Waals surface area contributed by atoms with E-state index < -0.39 is 26.7 Å². The largest absolute Gasteiger partial charge is 0.326 e. The average molecular weight is 409 g/mol. The molecular weight excluding hydrogens is 389 g/mol. The molecule has 2 aromatic rings. The maximum absolute atomic E-state index is 13.1. The van der Waals surface area contributed by atoms with E-state index in [0.29, 0.717) is 16.9 Å². The van der Waals surface area contributed by atoms with Crippen LogP contribution >= 0.6 is 0 Å². The Bertz CT molecular complexity index is 977. The summed E-state index contributed by atoms with van der Waals surface area (Å²) in [5, 5.41) is 13.5. The highest BCUT2D eigenvalue weighted by Crippen LogP contribution is 2.22. The minimum Gasteiger partial charge on any atom is -0.326 e. The Morgan fingerprint density at radius 2 is 1.86 bits per heavy atom. The normalized spacial score (nSPS) is 11.1. The molecule has 0 aliphatic rings. The highest BCUT2D eigenvalue weighted by molar-refractivity contribution is 7.92. The molecule has 0 atom stereocenters. The van der Waals surface area contributed by atoms with E-state index >= 15 is 0 Å². The molecule has 1 N–H and O–H groups in total. The molecule has 10 heteroatoms. The fraction of sp³-hybridized carbons (Fsp3) is 0.278. The topological polar surface area (TPSA) is 110 Å². The molecule has 0 unspecified atom stereocenters. The van der Waals surface area contributed by atoms with Gasteiger partial charge in [0.15, 0.2) is 0 Å². The van der Waals surface area contributed by atoms with Crippen molar-refractivity contribution in [1.29, 1.82) is 0 Å². The number of rotatable bonds is 8. The summed E-state index contributed by atoms with van der Waals surface area (Å²) in [6, 6.07) is 9.17. The fourth-order valence-electron chi connectivity index (χ4n) is 2.55. The lowest BCUT2D eigenvalue weighted by Crippen LogP contribution is -2.31. The van der Waals surface area contributed by atoms with Gasteiger partial charge < -0.3 is 5.32 Å². The van der Waals surface area contributed by atoms with Gasteiger partial charge in [-0.25, -0.2) is 12.8 Å². The Balaban J connectivity index is 2.01. The van der Waals surface area contributed by atoms with Crippen LogP contribution in [0, 0.1) is 22.9 Å². The lowest BCUT2D eigenvalue weighted by atomic mass is 10.1. The summed E-state index contributed by atoms with van der Waals surface area (Å²) >= 11 is 0. The zero-order chi connectivity index (χ0) is 20.9. The number of nitro groups is 1. The van der Waals surface area contributed by atoms with E-state index in [1.54, 1.807) is 6.92 Å². The molecule has 2 rings (SSSR count). The number of anilines is 2. The van der Waals surface area contributed by atoms with Crippen LogP contribution in [-0.4, -0.2) is 32.0 Å². The molecule has 2 aromatic carbocycles. The molecule has 0 fully saturated rings. The quantitative estimate of drug-likeness (QED) is 0.532. The average Bonchev–Trinajstić information content (AvgIpc) is 2.60. The van der Waals surface area contributed by atoms with Crippen LogP contribution in [0.4, 0.5) is 21.5 Å². The number of nitrogens with zero attached hydrogens (tertiary/aromatic N) is 2. The summed E-state index contributed by atoms with van der Waals surface area (Å²) in [4.78, 5) is 22.5. The first-order valence-corrected chi connectivity index (χ1v) is 10.2. The summed E-state index contributed by atoms with van der Waals surface area (Å²) in [6.07, 6.45) is 1.25. The van der Waals surface area contributed by atoms with Crippen molar-refractivity contribution in [3.63, 3.8) is 0 Å². The number of non-ortho nitro benzene ring substituents is 1. The minimum atomic E-state index is -3.61. The second kappa shape index (κ2) is 8.79. The van der Waals surface area contributed by atoms with Gasteiger partial charge in [-0.1, -0.05) is 6.07 Å². The SMILES string of the molecule is Cc1ccc([N+](=O)[O-])cc1NC(=O)CCCN(c1ccc(F)cc1)S(C)(=O)=O. The van der Waals surface area contributed by atoms with Crippen molar-refractivity contribution in [2.24, 2.45) is 0 Å². The van der Waals surface area contributed by atoms with Gasteiger partial charge in [0.25, 0.3) is 5.69 Å². The van der Waals surface area contributed by atoms with Crippen molar-refractivity contribution in [3.05, 3.63) is 64.0 Å². The predicted molar refractivity (Wildman–Crippen MR) is 104 cm³/mol. The Morgan fingerprint density at radius 3 is 2.43 bits per heavy atom. The number of nitro benzene ring substituents is 1. The lowest BCUT2D eigenvalue weighted by molar-refractivity contribution is -0.384. The molecule has 150 valence electrons. The second-order valence-corrected chi connectivity index (χ2v) is 8.13. The van der Waals surface area contributed by atoms with Gasteiger partial charge in [-0.15, -0.1) is 0 Å². The maximum Gasteiger partial charge on any atom is 0.271 e. The van der Waals surface area contributed by atoms with Gasteiger partial charge in [-0.3, -0.25) is 19.2 Å². The van der Waals surface area contributed by atoms with E-state index in [4.69, 9.17) is 0 Å². The van der Waals surface area contributed by atoms with Crippen molar-refractivity contribution < 1.29 is 22.5 Å². The maximum atomic E-state index is 13.1. The summed E-state index contributed by atoms with van der Waals surface area (Å²) in [7, 11) is -3.61. The van der Waals surface area contributed by atoms with Crippen LogP contribution in [0.3, 0.4) is 0 Å². The van der Waals surface area contributed by atoms with E-state index in [0.717, 1.165) is 22.7 Å². The number of amides is 1. The van der Waals surface area contributed by atoms with Crippen LogP contribution in [0.25, 0.3) is 0 Å². The van der Waals surface area contributed by atoms with Gasteiger partial charge >= 0.3 is 0 Å². The van der Waals surface area contributed by atoms with Gasteiger partial charge in [-0.2, -0.15) is 0 Å². The lowest BCUT2D eigenvalue weighted by Gasteiger charge is -2.22. The van der Waals surface area contributed by atoms with Crippen LogP contribution < -0.4 is 9.62 Å². The fourth-order valence-corrected chi connectivity index (χ4v) is 3.51. The molecule has 1 amide bonds. The molecule has 28 heavy (non-hydrogen) atoms. The first kappa shape index (κ1) is 21.3. The van der Waals surface area contributed by atoms with Gasteiger partial charge in [0, 0.05) is 25.1 Å². The highest BCUT2D eigenvalue weighted by atomic mass is 32.2. The monoisotopic (exact) mass is 409 g/mol. The first-order chi connectivity index (χ1) is 13.1. The van der Waals surface area contributed by atoms with Crippen LogP contribution in [0.2, 0.25) is 0 Å². The molecular formula is C18H20FN3O5S. The molecule has 0 aliphatic heterocycles. The van der Waals surface area contributed by atoms with Crippen molar-refractivity contribution in [2.75, 3.05) is 22.4 Å². The smallest absolute Gasteiger partial charge is 0.271 e. The summed E-state index contributed by atoms with van der Waals surface area (Å²) < 4.78 is 38.1. The van der Waals surface area contributed by atoms with Crippen molar-refractivity contribution in [3.8, 4) is 0 Å². The molecule has 0 saturated heterocycles. The predicted octanol–water partition coefficient (Wildman–Crippen LogP) is 3.23. The number of carbonyl (C=O) groups is 1. The molecule has 0 aromatic heterocycles. The molecule has 0 bridgehead atoms. The number of nitrogens with one attached hydrogen (secondary N) is 1. The molecule has 0 spiro atoms. The number of hydrogen-bond acceptors (Lipinski definition) is 5. The molecule has 0 heterocycles. The second-order valence-electron chi connectivity index (χ2n) is 6.22. The summed E-state index contributed by atoms with van der Waals surface area (Å²) in [6.45, 7) is 1.74. The Hall–Kier alpha value is -3.01. The summed E-state index contributed by atoms with van der Waals surface area (Å²) in [5.41, 5.74) is 1.17. The number of aryl methyl sites for hydroxylation is 1. The number of carbonyl (C=O) groups excluding carboxylic acids is 1. The standard InChI is InChI=1S/C18H20FN3O5S/c1-13-5-8-16(22(24)25)12-17(13)20-18(23)4-3-11-21(28(2,26)27)15-9-6-14(19)7-10-15/h5-10,12H,3-4,11H2,1-2H3,(H,20,23). The third-order valence-electron chi connectivity index (χ3n) is 3.99. The van der Waals surface area contributed by atoms with Gasteiger partial charge in [-0.05, 0) is 43.2 Å². The zero-order valence-electron chi connectivity index (χ0n) is 15.4. The van der Waals surface area contributed by atoms with Crippen molar-refractivity contribution >= 4 is 33.0 Å². The van der Waals surface area contributed by atoms with E-state index in [1.165, 1.54) is 30.3 Å². The van der Waals surface area contributed by atoms with E-state index in [1.807, 2.05) is 0 Å². The van der Waals surface area contributed by atoms with E-state index in [9.17, 15) is 27.7 Å². The summed E-state index contributed by atoms with van der Waals surface area (Å²) in [5.74, 6) is -0.875. The van der Waals surface area contributed by atoms with Crippen molar-refractivity contribution in [2.45, 2.75) is 19.8 Å². The van der Waals surface area contributed by atoms with Crippen LogP contribution in [0.1, 0.15) is 18.4 Å². The molecule has 0 aliphatic carbocycles. The minimum absolute atomic E-state index is 0.00927.